The van der Waals surface area contributed by atoms with E-state index in [1.54, 1.807) is 17.5 Å². The highest BCUT2D eigenvalue weighted by Gasteiger charge is 2.27. The summed E-state index contributed by atoms with van der Waals surface area (Å²) in [6.45, 7) is 6.89. The second-order valence-electron chi connectivity index (χ2n) is 6.49. The predicted molar refractivity (Wildman–Crippen MR) is 101 cm³/mol. The molecule has 0 bridgehead atoms. The van der Waals surface area contributed by atoms with E-state index in [0.717, 1.165) is 65.8 Å². The number of hydrogen-bond acceptors (Lipinski definition) is 8. The Kier molecular flexibility index (Phi) is 4.89. The van der Waals surface area contributed by atoms with E-state index < -0.39 is 0 Å². The highest BCUT2D eigenvalue weighted by atomic mass is 32.1. The third-order valence-corrected chi connectivity index (χ3v) is 5.42. The molecule has 9 heteroatoms. The molecule has 1 aliphatic heterocycles. The zero-order valence-electron chi connectivity index (χ0n) is 14.9. The molecule has 136 valence electrons. The monoisotopic (exact) mass is 370 g/mol. The molecule has 0 spiro atoms. The van der Waals surface area contributed by atoms with Crippen LogP contribution in [0.15, 0.2) is 18.5 Å². The van der Waals surface area contributed by atoms with Gasteiger partial charge in [0.15, 0.2) is 0 Å². The molecule has 8 nitrogen and oxygen atoms in total. The Morgan fingerprint density at radius 3 is 3.04 bits per heavy atom. The number of hydrogen-bond donors (Lipinski definition) is 2. The van der Waals surface area contributed by atoms with Gasteiger partial charge in [0.1, 0.15) is 22.5 Å². The summed E-state index contributed by atoms with van der Waals surface area (Å²) in [5, 5.41) is 13.4. The van der Waals surface area contributed by atoms with Crippen molar-refractivity contribution < 1.29 is 0 Å². The number of nitrogens with zero attached hydrogens (tertiary/aromatic N) is 6. The highest BCUT2D eigenvalue weighted by molar-refractivity contribution is 7.15. The van der Waals surface area contributed by atoms with Crippen molar-refractivity contribution in [1.82, 2.24) is 35.0 Å². The van der Waals surface area contributed by atoms with Gasteiger partial charge in [-0.3, -0.25) is 4.90 Å². The van der Waals surface area contributed by atoms with Gasteiger partial charge >= 0.3 is 0 Å². The van der Waals surface area contributed by atoms with Crippen LogP contribution in [-0.2, 0) is 13.0 Å². The molecule has 1 atom stereocenters. The molecule has 4 rings (SSSR count). The molecule has 1 aliphatic rings. The van der Waals surface area contributed by atoms with Crippen molar-refractivity contribution in [1.29, 1.82) is 0 Å². The van der Waals surface area contributed by atoms with Crippen molar-refractivity contribution in [3.63, 3.8) is 0 Å². The minimum Gasteiger partial charge on any atom is -0.348 e. The van der Waals surface area contributed by atoms with Gasteiger partial charge in [-0.05, 0) is 26.3 Å². The quantitative estimate of drug-likeness (QED) is 0.688. The van der Waals surface area contributed by atoms with Crippen LogP contribution in [0.4, 0.5) is 10.9 Å². The molecule has 1 fully saturated rings. The molecule has 0 aromatic carbocycles. The van der Waals surface area contributed by atoms with E-state index in [1.165, 1.54) is 0 Å². The van der Waals surface area contributed by atoms with Crippen molar-refractivity contribution in [2.45, 2.75) is 39.2 Å². The van der Waals surface area contributed by atoms with Crippen LogP contribution < -0.4 is 5.32 Å². The Morgan fingerprint density at radius 2 is 2.27 bits per heavy atom. The lowest BCUT2D eigenvalue weighted by Gasteiger charge is -2.14. The molecule has 3 aromatic heterocycles. The van der Waals surface area contributed by atoms with Crippen LogP contribution in [-0.4, -0.2) is 48.1 Å². The zero-order valence-corrected chi connectivity index (χ0v) is 15.8. The van der Waals surface area contributed by atoms with Crippen LogP contribution >= 0.6 is 11.3 Å². The number of aromatic nitrogens is 6. The lowest BCUT2D eigenvalue weighted by Crippen LogP contribution is -2.21. The molecule has 1 saturated heterocycles. The van der Waals surface area contributed by atoms with Crippen LogP contribution in [0.5, 0.6) is 0 Å². The Balaban J connectivity index is 1.45. The lowest BCUT2D eigenvalue weighted by atomic mass is 10.1. The molecule has 3 aromatic rings. The average molecular weight is 370 g/mol. The summed E-state index contributed by atoms with van der Waals surface area (Å²) in [6, 6.07) is 1.95. The Labute approximate surface area is 156 Å². The fourth-order valence-electron chi connectivity index (χ4n) is 3.18. The first-order chi connectivity index (χ1) is 12.7. The maximum absolute atomic E-state index is 4.74. The number of anilines is 2. The van der Waals surface area contributed by atoms with Gasteiger partial charge in [-0.2, -0.15) is 0 Å². The number of imidazole rings is 1. The van der Waals surface area contributed by atoms with Gasteiger partial charge in [0.25, 0.3) is 0 Å². The third-order valence-electron chi connectivity index (χ3n) is 4.44. The fourth-order valence-corrected chi connectivity index (χ4v) is 3.86. The van der Waals surface area contributed by atoms with Crippen LogP contribution in [0, 0.1) is 6.92 Å². The van der Waals surface area contributed by atoms with E-state index in [1.807, 2.05) is 19.2 Å². The standard InChI is InChI=1S/C17H22N8S/c1-3-15-23-24-17(26-15)22-13-8-11(2)20-16(21-13)12-4-7-25(9-12)10-14-18-5-6-19-14/h5-6,8,12H,3-4,7,9-10H2,1-2H3,(H,18,19)(H,20,21,22,24)/t12-/m1/s1. The summed E-state index contributed by atoms with van der Waals surface area (Å²) < 4.78 is 0. The summed E-state index contributed by atoms with van der Waals surface area (Å²) in [7, 11) is 0. The largest absolute Gasteiger partial charge is 0.348 e. The van der Waals surface area contributed by atoms with E-state index in [0.29, 0.717) is 5.92 Å². The molecule has 0 saturated carbocycles. The molecule has 4 heterocycles. The number of rotatable bonds is 6. The third kappa shape index (κ3) is 3.88. The van der Waals surface area contributed by atoms with Crippen molar-refractivity contribution in [3.8, 4) is 0 Å². The maximum atomic E-state index is 4.74. The Bertz CT molecular complexity index is 860. The van der Waals surface area contributed by atoms with E-state index >= 15 is 0 Å². The number of H-pyrrole nitrogens is 1. The number of nitrogens with one attached hydrogen (secondary N) is 2. The molecule has 0 radical (unpaired) electrons. The molecule has 26 heavy (non-hydrogen) atoms. The Morgan fingerprint density at radius 1 is 1.35 bits per heavy atom. The van der Waals surface area contributed by atoms with Gasteiger partial charge in [-0.1, -0.05) is 18.3 Å². The summed E-state index contributed by atoms with van der Waals surface area (Å²) in [4.78, 5) is 19.3. The summed E-state index contributed by atoms with van der Waals surface area (Å²) in [5.41, 5.74) is 0.960. The van der Waals surface area contributed by atoms with Crippen molar-refractivity contribution in [2.75, 3.05) is 18.4 Å². The summed E-state index contributed by atoms with van der Waals surface area (Å²) in [5.74, 6) is 3.03. The fraction of sp³-hybridized carbons (Fsp3) is 0.471. The number of aromatic amines is 1. The predicted octanol–water partition coefficient (Wildman–Crippen LogP) is 2.66. The minimum atomic E-state index is 0.339. The molecule has 2 N–H and O–H groups in total. The molecular formula is C17H22N8S. The first kappa shape index (κ1) is 17.0. The molecule has 0 unspecified atom stereocenters. The molecule has 0 amide bonds. The first-order valence-electron chi connectivity index (χ1n) is 8.85. The van der Waals surface area contributed by atoms with Crippen molar-refractivity contribution in [2.24, 2.45) is 0 Å². The van der Waals surface area contributed by atoms with Crippen molar-refractivity contribution in [3.05, 3.63) is 40.8 Å². The van der Waals surface area contributed by atoms with Gasteiger partial charge < -0.3 is 10.3 Å². The summed E-state index contributed by atoms with van der Waals surface area (Å²) >= 11 is 1.56. The number of likely N-dealkylation sites (tertiary alicyclic amines) is 1. The van der Waals surface area contributed by atoms with E-state index in [-0.39, 0.29) is 0 Å². The second kappa shape index (κ2) is 7.46. The van der Waals surface area contributed by atoms with Crippen LogP contribution in [0.1, 0.15) is 41.6 Å². The topological polar surface area (TPSA) is 95.5 Å². The first-order valence-corrected chi connectivity index (χ1v) is 9.67. The van der Waals surface area contributed by atoms with Crippen LogP contribution in [0.25, 0.3) is 0 Å². The Hall–Kier alpha value is -2.39. The van der Waals surface area contributed by atoms with Crippen LogP contribution in [0.3, 0.4) is 0 Å². The van der Waals surface area contributed by atoms with Crippen LogP contribution in [0.2, 0.25) is 0 Å². The molecular weight excluding hydrogens is 348 g/mol. The van der Waals surface area contributed by atoms with E-state index in [4.69, 9.17) is 4.98 Å². The smallest absolute Gasteiger partial charge is 0.211 e. The second-order valence-corrected chi connectivity index (χ2v) is 7.55. The SMILES string of the molecule is CCc1nnc(Nc2cc(C)nc([C@@H]3CCN(Cc4ncc[nH]4)C3)n2)s1. The average Bonchev–Trinajstić information content (AvgIpc) is 3.36. The van der Waals surface area contributed by atoms with Gasteiger partial charge in [-0.15, -0.1) is 10.2 Å². The van der Waals surface area contributed by atoms with Crippen molar-refractivity contribution >= 4 is 22.3 Å². The highest BCUT2D eigenvalue weighted by Crippen LogP contribution is 2.27. The molecule has 0 aliphatic carbocycles. The zero-order chi connectivity index (χ0) is 17.9. The maximum Gasteiger partial charge on any atom is 0.211 e. The van der Waals surface area contributed by atoms with Gasteiger partial charge in [0, 0.05) is 36.6 Å². The lowest BCUT2D eigenvalue weighted by molar-refractivity contribution is 0.318. The van der Waals surface area contributed by atoms with E-state index in [2.05, 4.69) is 42.3 Å². The van der Waals surface area contributed by atoms with E-state index in [9.17, 15) is 0 Å². The minimum absolute atomic E-state index is 0.339. The van der Waals surface area contributed by atoms with Gasteiger partial charge in [-0.25, -0.2) is 15.0 Å². The summed E-state index contributed by atoms with van der Waals surface area (Å²) in [6.07, 6.45) is 5.60. The normalized spacial score (nSPS) is 17.7. The number of aryl methyl sites for hydroxylation is 2. The van der Waals surface area contributed by atoms with Gasteiger partial charge in [0.05, 0.1) is 6.54 Å². The van der Waals surface area contributed by atoms with Gasteiger partial charge in [0.2, 0.25) is 5.13 Å².